The van der Waals surface area contributed by atoms with Gasteiger partial charge < -0.3 is 25.1 Å². The van der Waals surface area contributed by atoms with Crippen LogP contribution in [-0.4, -0.2) is 24.7 Å². The molecular weight excluding hydrogens is 500 g/mol. The number of furan rings is 1. The number of allylic oxidation sites excluding steroid dienone is 2. The number of thioether (sulfide) groups is 1. The number of dihydropyridines is 1. The fourth-order valence-corrected chi connectivity index (χ4v) is 4.99. The molecule has 3 aromatic rings. The van der Waals surface area contributed by atoms with Crippen molar-refractivity contribution in [3.05, 3.63) is 100 Å². The number of nitrogens with one attached hydrogen (secondary N) is 3. The number of hydrogen-bond acceptors (Lipinski definition) is 7. The number of aryl methyl sites for hydroxylation is 1. The lowest BCUT2D eigenvalue weighted by molar-refractivity contribution is -0.114. The van der Waals surface area contributed by atoms with Gasteiger partial charge in [-0.1, -0.05) is 30.8 Å². The Kier molecular flexibility index (Phi) is 8.56. The van der Waals surface area contributed by atoms with Crippen LogP contribution in [0.2, 0.25) is 0 Å². The van der Waals surface area contributed by atoms with Crippen LogP contribution in [-0.2, 0) is 16.0 Å². The van der Waals surface area contributed by atoms with E-state index in [1.807, 2.05) is 24.3 Å². The van der Waals surface area contributed by atoms with Crippen molar-refractivity contribution in [1.29, 1.82) is 5.26 Å². The first kappa shape index (κ1) is 26.6. The van der Waals surface area contributed by atoms with Crippen LogP contribution in [0.25, 0.3) is 0 Å². The number of methoxy groups -OCH3 is 1. The number of anilines is 2. The van der Waals surface area contributed by atoms with Crippen LogP contribution in [0.1, 0.15) is 31.1 Å². The van der Waals surface area contributed by atoms with Gasteiger partial charge in [-0.15, -0.1) is 0 Å². The molecule has 4 rings (SSSR count). The van der Waals surface area contributed by atoms with E-state index in [1.165, 1.54) is 23.6 Å². The fourth-order valence-electron chi connectivity index (χ4n) is 4.10. The minimum Gasteiger partial charge on any atom is -0.497 e. The summed E-state index contributed by atoms with van der Waals surface area (Å²) < 4.78 is 10.8. The van der Waals surface area contributed by atoms with Gasteiger partial charge in [-0.3, -0.25) is 9.59 Å². The summed E-state index contributed by atoms with van der Waals surface area (Å²) in [6.07, 6.45) is 2.41. The van der Waals surface area contributed by atoms with Gasteiger partial charge in [-0.25, -0.2) is 0 Å². The van der Waals surface area contributed by atoms with E-state index in [4.69, 9.17) is 9.15 Å². The molecule has 1 aliphatic rings. The molecule has 2 amide bonds. The largest absolute Gasteiger partial charge is 0.497 e. The summed E-state index contributed by atoms with van der Waals surface area (Å²) in [5, 5.41) is 19.6. The van der Waals surface area contributed by atoms with Crippen molar-refractivity contribution in [1.82, 2.24) is 5.32 Å². The number of ether oxygens (including phenoxy) is 1. The number of nitrogens with zero attached hydrogens (tertiary/aromatic N) is 1. The number of carbonyl (C=O) groups is 2. The van der Waals surface area contributed by atoms with Crippen LogP contribution >= 0.6 is 11.8 Å². The van der Waals surface area contributed by atoms with Crippen molar-refractivity contribution in [3.63, 3.8) is 0 Å². The molecule has 0 spiro atoms. The van der Waals surface area contributed by atoms with Gasteiger partial charge in [0, 0.05) is 17.1 Å². The van der Waals surface area contributed by atoms with Gasteiger partial charge in [-0.05, 0) is 67.4 Å². The molecule has 2 aromatic carbocycles. The standard InChI is InChI=1S/C29H28N4O4S/c1-4-19-7-9-21(10-8-19)33-28(35)26-18(2)31-29(23(16-30)27(26)24-6-5-15-37-24)38-17-25(34)32-20-11-13-22(36-3)14-12-20/h5-15,27,31H,4,17H2,1-3H3,(H,32,34)(H,33,35). The molecular formula is C29H28N4O4S. The Morgan fingerprint density at radius 1 is 1.08 bits per heavy atom. The number of carbonyl (C=O) groups excluding carboxylic acids is 2. The van der Waals surface area contributed by atoms with Gasteiger partial charge in [0.25, 0.3) is 5.91 Å². The number of hydrogen-bond donors (Lipinski definition) is 3. The first-order valence-electron chi connectivity index (χ1n) is 12.1. The summed E-state index contributed by atoms with van der Waals surface area (Å²) in [5.41, 5.74) is 3.72. The second kappa shape index (κ2) is 12.2. The van der Waals surface area contributed by atoms with Crippen molar-refractivity contribution in [2.75, 3.05) is 23.5 Å². The normalized spacial score (nSPS) is 14.9. The van der Waals surface area contributed by atoms with E-state index >= 15 is 0 Å². The zero-order valence-corrected chi connectivity index (χ0v) is 22.1. The summed E-state index contributed by atoms with van der Waals surface area (Å²) in [6.45, 7) is 3.84. The molecule has 1 unspecified atom stereocenters. The Hall–Kier alpha value is -4.42. The summed E-state index contributed by atoms with van der Waals surface area (Å²) >= 11 is 1.19. The molecule has 0 bridgehead atoms. The molecule has 9 heteroatoms. The third-order valence-corrected chi connectivity index (χ3v) is 7.08. The van der Waals surface area contributed by atoms with E-state index in [9.17, 15) is 14.9 Å². The van der Waals surface area contributed by atoms with E-state index < -0.39 is 5.92 Å². The van der Waals surface area contributed by atoms with Gasteiger partial charge >= 0.3 is 0 Å². The van der Waals surface area contributed by atoms with E-state index in [0.29, 0.717) is 44.8 Å². The first-order chi connectivity index (χ1) is 18.4. The fraction of sp³-hybridized carbons (Fsp3) is 0.207. The molecule has 1 aromatic heterocycles. The first-order valence-corrected chi connectivity index (χ1v) is 13.0. The molecule has 3 N–H and O–H groups in total. The number of nitriles is 1. The molecule has 0 aliphatic carbocycles. The second-order valence-electron chi connectivity index (χ2n) is 8.54. The second-order valence-corrected chi connectivity index (χ2v) is 9.52. The Bertz CT molecular complexity index is 1400. The predicted molar refractivity (Wildman–Crippen MR) is 148 cm³/mol. The van der Waals surface area contributed by atoms with E-state index in [2.05, 4.69) is 28.9 Å². The van der Waals surface area contributed by atoms with E-state index in [-0.39, 0.29) is 17.6 Å². The summed E-state index contributed by atoms with van der Waals surface area (Å²) in [6, 6.07) is 20.4. The minimum absolute atomic E-state index is 0.0585. The average molecular weight is 529 g/mol. The molecule has 1 atom stereocenters. The molecule has 2 heterocycles. The number of rotatable bonds is 9. The van der Waals surface area contributed by atoms with Crippen molar-refractivity contribution in [2.24, 2.45) is 0 Å². The lowest BCUT2D eigenvalue weighted by atomic mass is 9.85. The number of amides is 2. The Balaban J connectivity index is 1.54. The summed E-state index contributed by atoms with van der Waals surface area (Å²) in [5.74, 6) is -0.0791. The van der Waals surface area contributed by atoms with Crippen molar-refractivity contribution in [3.8, 4) is 11.8 Å². The summed E-state index contributed by atoms with van der Waals surface area (Å²) in [4.78, 5) is 26.1. The van der Waals surface area contributed by atoms with E-state index in [0.717, 1.165) is 6.42 Å². The average Bonchev–Trinajstić information content (AvgIpc) is 3.47. The lowest BCUT2D eigenvalue weighted by Crippen LogP contribution is -2.31. The maximum atomic E-state index is 13.5. The van der Waals surface area contributed by atoms with Crippen LogP contribution in [0.4, 0.5) is 11.4 Å². The molecule has 8 nitrogen and oxygen atoms in total. The van der Waals surface area contributed by atoms with Gasteiger partial charge in [0.05, 0.1) is 47.3 Å². The third kappa shape index (κ3) is 6.10. The minimum atomic E-state index is -0.724. The SMILES string of the molecule is CCc1ccc(NC(=O)C2=C(C)NC(SCC(=O)Nc3ccc(OC)cc3)=C(C#N)C2c2ccco2)cc1. The highest BCUT2D eigenvalue weighted by molar-refractivity contribution is 8.03. The zero-order valence-electron chi connectivity index (χ0n) is 21.3. The van der Waals surface area contributed by atoms with Crippen LogP contribution in [0.3, 0.4) is 0 Å². The summed E-state index contributed by atoms with van der Waals surface area (Å²) in [7, 11) is 1.58. The maximum Gasteiger partial charge on any atom is 0.254 e. The van der Waals surface area contributed by atoms with Gasteiger partial charge in [-0.2, -0.15) is 5.26 Å². The molecule has 38 heavy (non-hydrogen) atoms. The third-order valence-electron chi connectivity index (χ3n) is 6.06. The number of benzene rings is 2. The Morgan fingerprint density at radius 2 is 1.76 bits per heavy atom. The van der Waals surface area contributed by atoms with E-state index in [1.54, 1.807) is 50.4 Å². The van der Waals surface area contributed by atoms with Crippen LogP contribution in [0.5, 0.6) is 5.75 Å². The predicted octanol–water partition coefficient (Wildman–Crippen LogP) is 5.56. The molecule has 1 aliphatic heterocycles. The highest BCUT2D eigenvalue weighted by Crippen LogP contribution is 2.41. The van der Waals surface area contributed by atoms with Crippen LogP contribution < -0.4 is 20.7 Å². The molecule has 194 valence electrons. The quantitative estimate of drug-likeness (QED) is 0.333. The highest BCUT2D eigenvalue weighted by Gasteiger charge is 2.36. The lowest BCUT2D eigenvalue weighted by Gasteiger charge is -2.28. The van der Waals surface area contributed by atoms with Gasteiger partial charge in [0.2, 0.25) is 5.91 Å². The zero-order chi connectivity index (χ0) is 27.1. The topological polar surface area (TPSA) is 116 Å². The molecule has 0 fully saturated rings. The van der Waals surface area contributed by atoms with Crippen molar-refractivity contribution in [2.45, 2.75) is 26.2 Å². The van der Waals surface area contributed by atoms with Crippen LogP contribution in [0, 0.1) is 11.3 Å². The van der Waals surface area contributed by atoms with Gasteiger partial charge in [0.1, 0.15) is 11.5 Å². The van der Waals surface area contributed by atoms with Gasteiger partial charge in [0.15, 0.2) is 0 Å². The Morgan fingerprint density at radius 3 is 2.37 bits per heavy atom. The van der Waals surface area contributed by atoms with Crippen LogP contribution in [0.15, 0.2) is 93.2 Å². The molecule has 0 radical (unpaired) electrons. The molecule has 0 saturated heterocycles. The van der Waals surface area contributed by atoms with Crippen molar-refractivity contribution >= 4 is 35.0 Å². The monoisotopic (exact) mass is 528 g/mol. The maximum absolute atomic E-state index is 13.5. The Labute approximate surface area is 225 Å². The highest BCUT2D eigenvalue weighted by atomic mass is 32.2. The molecule has 0 saturated carbocycles. The smallest absolute Gasteiger partial charge is 0.254 e. The van der Waals surface area contributed by atoms with Crippen molar-refractivity contribution < 1.29 is 18.7 Å².